The fraction of sp³-hybridized carbons (Fsp3) is 0.786. The summed E-state index contributed by atoms with van der Waals surface area (Å²) in [5.41, 5.74) is 6.67. The molecule has 0 spiro atoms. The summed E-state index contributed by atoms with van der Waals surface area (Å²) in [7, 11) is 0. The van der Waals surface area contributed by atoms with Crippen LogP contribution < -0.4 is 16.6 Å². The minimum Gasteiger partial charge on any atom is -0.370 e. The third-order valence-electron chi connectivity index (χ3n) is 1.56. The van der Waals surface area contributed by atoms with Crippen molar-refractivity contribution in [3.63, 3.8) is 0 Å². The molecular weight excluding hydrogens is 275 g/mol. The number of hydrogen-bond acceptors (Lipinski definition) is 4. The molecule has 21 heavy (non-hydrogen) atoms. The highest BCUT2D eigenvalue weighted by atomic mass is 19.2. The first-order chi connectivity index (χ1) is 10.1. The number of carbonyl (C=O) groups excluding carboxylic acids is 2. The smallest absolute Gasteiger partial charge is 0.223 e. The van der Waals surface area contributed by atoms with Gasteiger partial charge in [0.25, 0.3) is 0 Å². The van der Waals surface area contributed by atoms with Crippen LogP contribution in [0.2, 0.25) is 0 Å². The Morgan fingerprint density at radius 1 is 1.24 bits per heavy atom. The Balaban J connectivity index is -0.000000212. The van der Waals surface area contributed by atoms with E-state index in [1.807, 2.05) is 41.5 Å². The summed E-state index contributed by atoms with van der Waals surface area (Å²) in [4.78, 5) is 24.5. The first kappa shape index (κ1) is 27.8. The van der Waals surface area contributed by atoms with Crippen LogP contribution in [0.15, 0.2) is 4.99 Å². The Kier molecular flexibility index (Phi) is 35.6. The van der Waals surface area contributed by atoms with Gasteiger partial charge in [0.2, 0.25) is 5.91 Å². The number of amides is 1. The first-order valence-corrected chi connectivity index (χ1v) is 7.49. The number of nitrogens with two attached hydrogens (primary N) is 1. The van der Waals surface area contributed by atoms with Crippen LogP contribution in [0.4, 0.5) is 4.48 Å². The molecule has 0 rings (SSSR count). The molecule has 1 atom stereocenters. The third-order valence-corrected chi connectivity index (χ3v) is 1.56. The first-order valence-electron chi connectivity index (χ1n) is 7.49. The number of nitrogens with zero attached hydrogens (tertiary/aromatic N) is 1. The van der Waals surface area contributed by atoms with Gasteiger partial charge in [-0.15, -0.1) is 10.0 Å². The Morgan fingerprint density at radius 2 is 1.71 bits per heavy atom. The highest BCUT2D eigenvalue weighted by Crippen LogP contribution is 1.95. The molecule has 0 aliphatic carbocycles. The maximum absolute atomic E-state index is 11.8. The average Bonchev–Trinajstić information content (AvgIpc) is 2.53. The van der Waals surface area contributed by atoms with Crippen LogP contribution in [0.3, 0.4) is 0 Å². The average molecular weight is 308 g/mol. The third kappa shape index (κ3) is 27.6. The van der Waals surface area contributed by atoms with Gasteiger partial charge in [-0.3, -0.25) is 15.1 Å². The van der Waals surface area contributed by atoms with Gasteiger partial charge in [0.1, 0.15) is 6.29 Å². The van der Waals surface area contributed by atoms with E-state index in [4.69, 9.17) is 5.73 Å². The Morgan fingerprint density at radius 3 is 2.05 bits per heavy atom. The predicted octanol–water partition coefficient (Wildman–Crippen LogP) is 2.34. The van der Waals surface area contributed by atoms with Gasteiger partial charge in [-0.2, -0.15) is 0 Å². The van der Waals surface area contributed by atoms with Crippen molar-refractivity contribution >= 4 is 18.2 Å². The van der Waals surface area contributed by atoms with Crippen molar-refractivity contribution in [2.75, 3.05) is 6.54 Å². The van der Waals surface area contributed by atoms with Gasteiger partial charge in [-0.25, -0.2) is 0 Å². The van der Waals surface area contributed by atoms with Crippen molar-refractivity contribution in [3.8, 4) is 0 Å². The lowest BCUT2D eigenvalue weighted by Crippen LogP contribution is -2.35. The molecule has 7 heteroatoms. The molecule has 128 valence electrons. The fourth-order valence-electron chi connectivity index (χ4n) is 0.879. The van der Waals surface area contributed by atoms with Crippen LogP contribution in [0.1, 0.15) is 61.3 Å². The van der Waals surface area contributed by atoms with Crippen molar-refractivity contribution in [2.24, 2.45) is 10.7 Å². The van der Waals surface area contributed by atoms with E-state index in [-0.39, 0.29) is 11.9 Å². The van der Waals surface area contributed by atoms with Crippen LogP contribution in [0.25, 0.3) is 0 Å². The number of rotatable bonds is 6. The zero-order valence-corrected chi connectivity index (χ0v) is 14.5. The number of carbonyl (C=O) groups is 2. The molecule has 1 amide bonds. The monoisotopic (exact) mass is 308 g/mol. The fourth-order valence-corrected chi connectivity index (χ4v) is 0.879. The van der Waals surface area contributed by atoms with Gasteiger partial charge in [-0.1, -0.05) is 41.5 Å². The lowest BCUT2D eigenvalue weighted by molar-refractivity contribution is -0.117. The number of guanidine groups is 1. The number of hydrogen-bond donors (Lipinski definition) is 3. The highest BCUT2D eigenvalue weighted by molar-refractivity contribution is 5.94. The maximum atomic E-state index is 11.8. The normalized spacial score (nSPS) is 10.4. The molecule has 0 aliphatic rings. The van der Waals surface area contributed by atoms with Crippen LogP contribution in [-0.2, 0) is 9.59 Å². The van der Waals surface area contributed by atoms with E-state index < -0.39 is 6.04 Å². The zero-order valence-electron chi connectivity index (χ0n) is 14.5. The molecule has 4 N–H and O–H groups in total. The number of nitrogens with one attached hydrogen (secondary N) is 2. The molecule has 0 bridgehead atoms. The van der Waals surface area contributed by atoms with Crippen LogP contribution in [0.5, 0.6) is 0 Å². The Labute approximate surface area is 128 Å². The van der Waals surface area contributed by atoms with E-state index in [1.54, 1.807) is 0 Å². The van der Waals surface area contributed by atoms with Crippen molar-refractivity contribution in [2.45, 2.75) is 67.3 Å². The molecule has 1 unspecified atom stereocenters. The SMILES string of the molecule is CC.CC.CC.CC(=O)NC(N)=NCCCC(C=O)NF. The number of halogens is 1. The Hall–Kier alpha value is -1.50. The molecule has 0 saturated heterocycles. The summed E-state index contributed by atoms with van der Waals surface area (Å²) in [6.07, 6.45) is 1.32. The minimum absolute atomic E-state index is 0.0263. The molecule has 0 heterocycles. The molecule has 0 aromatic rings. The van der Waals surface area contributed by atoms with Crippen molar-refractivity contribution in [1.82, 2.24) is 10.9 Å². The number of aliphatic imine (C=N–C) groups is 1. The van der Waals surface area contributed by atoms with Gasteiger partial charge < -0.3 is 10.5 Å². The molecular formula is C14H33FN4O2. The molecule has 0 aromatic carbocycles. The predicted molar refractivity (Wildman–Crippen MR) is 87.7 cm³/mol. The van der Waals surface area contributed by atoms with Gasteiger partial charge >= 0.3 is 0 Å². The van der Waals surface area contributed by atoms with Crippen LogP contribution in [0, 0.1) is 0 Å². The van der Waals surface area contributed by atoms with Crippen LogP contribution in [-0.4, -0.2) is 30.7 Å². The number of aldehydes is 1. The van der Waals surface area contributed by atoms with Crippen LogP contribution >= 0.6 is 0 Å². The lowest BCUT2D eigenvalue weighted by atomic mass is 10.2. The zero-order chi connectivity index (χ0) is 17.7. The van der Waals surface area contributed by atoms with Gasteiger partial charge in [-0.05, 0) is 12.8 Å². The van der Waals surface area contributed by atoms with Gasteiger partial charge in [0.15, 0.2) is 5.96 Å². The topological polar surface area (TPSA) is 96.6 Å². The van der Waals surface area contributed by atoms with Crippen molar-refractivity contribution in [1.29, 1.82) is 0 Å². The van der Waals surface area contributed by atoms with E-state index in [0.29, 0.717) is 25.7 Å². The lowest BCUT2D eigenvalue weighted by Gasteiger charge is -2.04. The highest BCUT2D eigenvalue weighted by Gasteiger charge is 2.04. The molecule has 0 saturated carbocycles. The quantitative estimate of drug-likeness (QED) is 0.231. The van der Waals surface area contributed by atoms with E-state index >= 15 is 0 Å². The molecule has 0 radical (unpaired) electrons. The van der Waals surface area contributed by atoms with Gasteiger partial charge in [0, 0.05) is 13.5 Å². The van der Waals surface area contributed by atoms with E-state index in [9.17, 15) is 14.1 Å². The summed E-state index contributed by atoms with van der Waals surface area (Å²) in [6, 6.07) is -0.804. The second-order valence-electron chi connectivity index (χ2n) is 2.94. The molecule has 0 fully saturated rings. The molecule has 6 nitrogen and oxygen atoms in total. The summed E-state index contributed by atoms with van der Waals surface area (Å²) in [5, 5.41) is 2.29. The Bertz CT molecular complexity index is 249. The van der Waals surface area contributed by atoms with Gasteiger partial charge in [0.05, 0.1) is 6.04 Å². The van der Waals surface area contributed by atoms with E-state index in [0.717, 1.165) is 0 Å². The summed E-state index contributed by atoms with van der Waals surface area (Å²) < 4.78 is 11.8. The molecule has 0 aliphatic heterocycles. The minimum atomic E-state index is -0.804. The largest absolute Gasteiger partial charge is 0.370 e. The molecule has 0 aromatic heterocycles. The summed E-state index contributed by atoms with van der Waals surface area (Å²) >= 11 is 0. The van der Waals surface area contributed by atoms with E-state index in [2.05, 4.69) is 10.3 Å². The second kappa shape index (κ2) is 26.9. The van der Waals surface area contributed by atoms with Crippen molar-refractivity contribution < 1.29 is 14.1 Å². The standard InChI is InChI=1S/C8H15FN4O2.3C2H6/c1-6(15)12-8(10)11-4-2-3-7(5-14)13-9;3*1-2/h5,7,13H,2-4H2,1H3,(H3,10,11,12,15);3*1-2H3. The van der Waals surface area contributed by atoms with Crippen molar-refractivity contribution in [3.05, 3.63) is 0 Å². The maximum Gasteiger partial charge on any atom is 0.223 e. The van der Waals surface area contributed by atoms with E-state index in [1.165, 1.54) is 12.5 Å². The summed E-state index contributed by atoms with van der Waals surface area (Å²) in [6.45, 7) is 13.6. The summed E-state index contributed by atoms with van der Waals surface area (Å²) in [5.74, 6) is -0.272. The second-order valence-corrected chi connectivity index (χ2v) is 2.94.